The van der Waals surface area contributed by atoms with Gasteiger partial charge in [0.1, 0.15) is 5.76 Å². The molecule has 1 unspecified atom stereocenters. The molecule has 0 radical (unpaired) electrons. The van der Waals surface area contributed by atoms with Gasteiger partial charge in [0.2, 0.25) is 0 Å². The lowest BCUT2D eigenvalue weighted by Gasteiger charge is -2.30. The average Bonchev–Trinajstić information content (AvgIpc) is 2.71. The van der Waals surface area contributed by atoms with Crippen LogP contribution in [0.3, 0.4) is 0 Å². The molecule has 1 aliphatic carbocycles. The zero-order valence-corrected chi connectivity index (χ0v) is 9.49. The van der Waals surface area contributed by atoms with Crippen LogP contribution in [0.5, 0.6) is 0 Å². The molecule has 0 spiro atoms. The second-order valence-electron chi connectivity index (χ2n) is 4.97. The van der Waals surface area contributed by atoms with Crippen LogP contribution in [0.1, 0.15) is 38.4 Å². The van der Waals surface area contributed by atoms with E-state index >= 15 is 0 Å². The number of rotatable bonds is 3. The van der Waals surface area contributed by atoms with Crippen LogP contribution >= 0.6 is 0 Å². The SMILES string of the molecule is CC1CCC(C(N)Cc2ccco2)CC1. The Bertz CT molecular complexity index is 273. The molecule has 0 aromatic carbocycles. The Hall–Kier alpha value is -0.760. The highest BCUT2D eigenvalue weighted by Gasteiger charge is 2.24. The van der Waals surface area contributed by atoms with Gasteiger partial charge in [-0.15, -0.1) is 0 Å². The minimum absolute atomic E-state index is 0.281. The lowest BCUT2D eigenvalue weighted by atomic mass is 9.78. The number of furan rings is 1. The Morgan fingerprint density at radius 2 is 2.13 bits per heavy atom. The highest BCUT2D eigenvalue weighted by atomic mass is 16.3. The van der Waals surface area contributed by atoms with E-state index in [0.717, 1.165) is 18.1 Å². The molecule has 84 valence electrons. The van der Waals surface area contributed by atoms with Crippen molar-refractivity contribution >= 4 is 0 Å². The lowest BCUT2D eigenvalue weighted by molar-refractivity contribution is 0.248. The number of hydrogen-bond acceptors (Lipinski definition) is 2. The van der Waals surface area contributed by atoms with Gasteiger partial charge < -0.3 is 10.2 Å². The number of nitrogens with two attached hydrogens (primary N) is 1. The predicted molar refractivity (Wildman–Crippen MR) is 61.5 cm³/mol. The summed E-state index contributed by atoms with van der Waals surface area (Å²) in [7, 11) is 0. The minimum atomic E-state index is 0.281. The van der Waals surface area contributed by atoms with Crippen molar-refractivity contribution in [2.75, 3.05) is 0 Å². The maximum Gasteiger partial charge on any atom is 0.105 e. The van der Waals surface area contributed by atoms with Gasteiger partial charge >= 0.3 is 0 Å². The lowest BCUT2D eigenvalue weighted by Crippen LogP contribution is -2.34. The van der Waals surface area contributed by atoms with Crippen molar-refractivity contribution in [3.05, 3.63) is 24.2 Å². The molecular formula is C13H21NO. The van der Waals surface area contributed by atoms with Crippen molar-refractivity contribution in [2.45, 2.75) is 45.1 Å². The topological polar surface area (TPSA) is 39.2 Å². The van der Waals surface area contributed by atoms with Gasteiger partial charge in [-0.05, 0) is 36.8 Å². The first kappa shape index (κ1) is 10.7. The summed E-state index contributed by atoms with van der Waals surface area (Å²) in [4.78, 5) is 0. The Balaban J connectivity index is 1.83. The van der Waals surface area contributed by atoms with Crippen LogP contribution in [-0.4, -0.2) is 6.04 Å². The van der Waals surface area contributed by atoms with Gasteiger partial charge in [-0.3, -0.25) is 0 Å². The van der Waals surface area contributed by atoms with Crippen molar-refractivity contribution in [2.24, 2.45) is 17.6 Å². The van der Waals surface area contributed by atoms with Crippen molar-refractivity contribution in [3.63, 3.8) is 0 Å². The average molecular weight is 207 g/mol. The second kappa shape index (κ2) is 4.84. The van der Waals surface area contributed by atoms with E-state index < -0.39 is 0 Å². The minimum Gasteiger partial charge on any atom is -0.469 e. The van der Waals surface area contributed by atoms with Crippen LogP contribution in [0.25, 0.3) is 0 Å². The first-order valence-electron chi connectivity index (χ1n) is 6.03. The van der Waals surface area contributed by atoms with Gasteiger partial charge in [0.05, 0.1) is 6.26 Å². The maximum atomic E-state index is 6.23. The molecule has 2 heteroatoms. The van der Waals surface area contributed by atoms with Gasteiger partial charge in [0.25, 0.3) is 0 Å². The Labute approximate surface area is 91.8 Å². The van der Waals surface area contributed by atoms with Gasteiger partial charge in [0, 0.05) is 12.5 Å². The fraction of sp³-hybridized carbons (Fsp3) is 0.692. The molecule has 1 fully saturated rings. The summed E-state index contributed by atoms with van der Waals surface area (Å²) < 4.78 is 5.34. The van der Waals surface area contributed by atoms with E-state index in [4.69, 9.17) is 10.2 Å². The van der Waals surface area contributed by atoms with E-state index in [1.165, 1.54) is 25.7 Å². The Kier molecular flexibility index (Phi) is 3.47. The third kappa shape index (κ3) is 2.85. The Morgan fingerprint density at radius 1 is 1.40 bits per heavy atom. The molecule has 0 aliphatic heterocycles. The summed E-state index contributed by atoms with van der Waals surface area (Å²) >= 11 is 0. The van der Waals surface area contributed by atoms with Gasteiger partial charge in [-0.25, -0.2) is 0 Å². The molecule has 15 heavy (non-hydrogen) atoms. The van der Waals surface area contributed by atoms with Crippen LogP contribution in [0, 0.1) is 11.8 Å². The smallest absolute Gasteiger partial charge is 0.105 e. The van der Waals surface area contributed by atoms with Crippen LogP contribution in [-0.2, 0) is 6.42 Å². The molecular weight excluding hydrogens is 186 g/mol. The summed E-state index contributed by atoms with van der Waals surface area (Å²) in [5, 5.41) is 0. The second-order valence-corrected chi connectivity index (χ2v) is 4.97. The van der Waals surface area contributed by atoms with E-state index in [2.05, 4.69) is 6.92 Å². The molecule has 1 atom stereocenters. The fourth-order valence-corrected chi connectivity index (χ4v) is 2.54. The molecule has 0 amide bonds. The predicted octanol–water partition coefficient (Wildman–Crippen LogP) is 2.98. The van der Waals surface area contributed by atoms with Gasteiger partial charge in [0.15, 0.2) is 0 Å². The van der Waals surface area contributed by atoms with Crippen LogP contribution in [0.4, 0.5) is 0 Å². The highest BCUT2D eigenvalue weighted by Crippen LogP contribution is 2.30. The quantitative estimate of drug-likeness (QED) is 0.827. The normalized spacial score (nSPS) is 28.9. The maximum absolute atomic E-state index is 6.23. The van der Waals surface area contributed by atoms with E-state index in [-0.39, 0.29) is 6.04 Å². The summed E-state index contributed by atoms with van der Waals surface area (Å²) in [5.41, 5.74) is 6.23. The standard InChI is InChI=1S/C13H21NO/c1-10-4-6-11(7-5-10)13(14)9-12-3-2-8-15-12/h2-3,8,10-11,13H,4-7,9,14H2,1H3. The zero-order valence-electron chi connectivity index (χ0n) is 9.49. The first-order chi connectivity index (χ1) is 7.25. The summed E-state index contributed by atoms with van der Waals surface area (Å²) in [6.45, 7) is 2.34. The molecule has 1 saturated carbocycles. The third-order valence-corrected chi connectivity index (χ3v) is 3.68. The van der Waals surface area contributed by atoms with Crippen LogP contribution < -0.4 is 5.73 Å². The van der Waals surface area contributed by atoms with E-state index in [9.17, 15) is 0 Å². The van der Waals surface area contributed by atoms with E-state index in [1.807, 2.05) is 12.1 Å². The molecule has 1 aliphatic rings. The molecule has 1 aromatic rings. The van der Waals surface area contributed by atoms with Crippen molar-refractivity contribution in [1.29, 1.82) is 0 Å². The highest BCUT2D eigenvalue weighted by molar-refractivity contribution is 5.01. The van der Waals surface area contributed by atoms with Crippen LogP contribution in [0.15, 0.2) is 22.8 Å². The van der Waals surface area contributed by atoms with Crippen molar-refractivity contribution < 1.29 is 4.42 Å². The monoisotopic (exact) mass is 207 g/mol. The van der Waals surface area contributed by atoms with Crippen molar-refractivity contribution in [1.82, 2.24) is 0 Å². The molecule has 0 bridgehead atoms. The number of hydrogen-bond donors (Lipinski definition) is 1. The third-order valence-electron chi connectivity index (χ3n) is 3.68. The van der Waals surface area contributed by atoms with E-state index in [0.29, 0.717) is 5.92 Å². The molecule has 2 rings (SSSR count). The van der Waals surface area contributed by atoms with Crippen LogP contribution in [0.2, 0.25) is 0 Å². The van der Waals surface area contributed by atoms with Gasteiger partial charge in [-0.2, -0.15) is 0 Å². The van der Waals surface area contributed by atoms with E-state index in [1.54, 1.807) is 6.26 Å². The van der Waals surface area contributed by atoms with Gasteiger partial charge in [-0.1, -0.05) is 19.8 Å². The Morgan fingerprint density at radius 3 is 2.73 bits per heavy atom. The molecule has 1 aromatic heterocycles. The molecule has 2 nitrogen and oxygen atoms in total. The largest absolute Gasteiger partial charge is 0.469 e. The molecule has 0 saturated heterocycles. The molecule has 2 N–H and O–H groups in total. The molecule has 1 heterocycles. The summed E-state index contributed by atoms with van der Waals surface area (Å²) in [6.07, 6.45) is 7.90. The van der Waals surface area contributed by atoms with Crippen molar-refractivity contribution in [3.8, 4) is 0 Å². The summed E-state index contributed by atoms with van der Waals surface area (Å²) in [5.74, 6) is 2.63. The summed E-state index contributed by atoms with van der Waals surface area (Å²) in [6, 6.07) is 4.24. The zero-order chi connectivity index (χ0) is 10.7. The first-order valence-corrected chi connectivity index (χ1v) is 6.03. The fourth-order valence-electron chi connectivity index (χ4n) is 2.54.